The van der Waals surface area contributed by atoms with Gasteiger partial charge in [0.15, 0.2) is 0 Å². The van der Waals surface area contributed by atoms with Gasteiger partial charge in [0.1, 0.15) is 5.60 Å². The third kappa shape index (κ3) is 6.05. The number of rotatable bonds is 10. The molecule has 4 bridgehead atoms. The van der Waals surface area contributed by atoms with E-state index in [0.29, 0.717) is 6.92 Å². The van der Waals surface area contributed by atoms with Crippen molar-refractivity contribution < 1.29 is 59.3 Å². The summed E-state index contributed by atoms with van der Waals surface area (Å²) in [5.41, 5.74) is -4.23. The summed E-state index contributed by atoms with van der Waals surface area (Å²) in [5.74, 6) is -11.3. The Hall–Kier alpha value is -2.34. The van der Waals surface area contributed by atoms with E-state index in [1.54, 1.807) is 0 Å². The first-order valence-electron chi connectivity index (χ1n) is 11.8. The maximum Gasteiger partial charge on any atom is 0.453 e. The van der Waals surface area contributed by atoms with Crippen LogP contribution in [0.3, 0.4) is 0 Å². The van der Waals surface area contributed by atoms with Crippen LogP contribution < -0.4 is 0 Å². The molecule has 0 radical (unpaired) electrons. The van der Waals surface area contributed by atoms with Gasteiger partial charge in [0.2, 0.25) is 5.92 Å². The van der Waals surface area contributed by atoms with Gasteiger partial charge >= 0.3 is 30.0 Å². The second-order valence-corrected chi connectivity index (χ2v) is 11.0. The summed E-state index contributed by atoms with van der Waals surface area (Å²) in [6.45, 7) is 3.74. The molecule has 37 heavy (non-hydrogen) atoms. The minimum Gasteiger partial charge on any atom is -0.465 e. The SMILES string of the molecule is C=C(C)C(=O)OC12CC3CC(C(=O)OCCC(C)(F)F)(C1)CC(C(=O)OCCC(F)(F)C(F)(F)F)(C3)C2. The Bertz CT molecular complexity index is 958. The summed E-state index contributed by atoms with van der Waals surface area (Å²) in [6.07, 6.45) is -8.11. The molecular weight excluding hydrogens is 517 g/mol. The van der Waals surface area contributed by atoms with Crippen LogP contribution in [-0.2, 0) is 28.6 Å². The number of carbonyl (C=O) groups is 3. The first-order valence-corrected chi connectivity index (χ1v) is 11.8. The van der Waals surface area contributed by atoms with Crippen LogP contribution in [0.2, 0.25) is 0 Å². The molecule has 0 aliphatic heterocycles. The van der Waals surface area contributed by atoms with Gasteiger partial charge in [-0.25, -0.2) is 13.6 Å². The smallest absolute Gasteiger partial charge is 0.453 e. The molecule has 4 aliphatic carbocycles. The van der Waals surface area contributed by atoms with Crippen molar-refractivity contribution in [2.75, 3.05) is 13.2 Å². The average Bonchev–Trinajstić information content (AvgIpc) is 2.70. The normalized spacial score (nSPS) is 31.1. The molecule has 0 N–H and O–H groups in total. The van der Waals surface area contributed by atoms with Crippen molar-refractivity contribution in [1.82, 2.24) is 0 Å². The first-order chi connectivity index (χ1) is 16.7. The van der Waals surface area contributed by atoms with E-state index in [1.165, 1.54) is 6.92 Å². The van der Waals surface area contributed by atoms with Crippen molar-refractivity contribution >= 4 is 17.9 Å². The van der Waals surface area contributed by atoms with Gasteiger partial charge in [-0.2, -0.15) is 22.0 Å². The highest BCUT2D eigenvalue weighted by Gasteiger charge is 2.70. The number of hydrogen-bond donors (Lipinski definition) is 0. The Labute approximate surface area is 208 Å². The van der Waals surface area contributed by atoms with Crippen molar-refractivity contribution in [2.45, 2.75) is 88.8 Å². The molecule has 4 unspecified atom stereocenters. The van der Waals surface area contributed by atoms with E-state index in [-0.39, 0.29) is 50.0 Å². The molecule has 4 aliphatic rings. The van der Waals surface area contributed by atoms with E-state index < -0.39 is 78.4 Å². The second kappa shape index (κ2) is 9.44. The Morgan fingerprint density at radius 3 is 1.76 bits per heavy atom. The number of esters is 3. The van der Waals surface area contributed by atoms with Crippen molar-refractivity contribution in [3.8, 4) is 0 Å². The molecule has 4 rings (SSSR count). The number of carbonyl (C=O) groups excluding carboxylic acids is 3. The van der Waals surface area contributed by atoms with Crippen LogP contribution in [0, 0.1) is 16.7 Å². The standard InChI is InChI=1S/C24H29F7O6/c1-14(2)16(32)37-22-10-15-8-20(12-22,17(33)35-6-4-19(3,25)26)11-21(9-15,13-22)18(34)36-7-5-23(27,28)24(29,30)31/h15H,1,4-13H2,2-3H3. The fourth-order valence-corrected chi connectivity index (χ4v) is 6.25. The van der Waals surface area contributed by atoms with Crippen LogP contribution >= 0.6 is 0 Å². The van der Waals surface area contributed by atoms with Gasteiger partial charge in [-0.3, -0.25) is 9.59 Å². The lowest BCUT2D eigenvalue weighted by Gasteiger charge is -2.63. The zero-order valence-corrected chi connectivity index (χ0v) is 20.5. The second-order valence-electron chi connectivity index (χ2n) is 11.0. The topological polar surface area (TPSA) is 78.9 Å². The van der Waals surface area contributed by atoms with Crippen LogP contribution in [-0.4, -0.2) is 54.7 Å². The fourth-order valence-electron chi connectivity index (χ4n) is 6.25. The Balaban J connectivity index is 1.85. The average molecular weight is 546 g/mol. The third-order valence-corrected chi connectivity index (χ3v) is 7.38. The third-order valence-electron chi connectivity index (χ3n) is 7.38. The van der Waals surface area contributed by atoms with Gasteiger partial charge in [0, 0.05) is 24.8 Å². The lowest BCUT2D eigenvalue weighted by molar-refractivity contribution is -0.287. The molecule has 4 saturated carbocycles. The van der Waals surface area contributed by atoms with Crippen molar-refractivity contribution in [3.05, 3.63) is 12.2 Å². The molecule has 0 saturated heterocycles. The highest BCUT2D eigenvalue weighted by Crippen LogP contribution is 2.68. The van der Waals surface area contributed by atoms with Gasteiger partial charge < -0.3 is 14.2 Å². The molecule has 0 amide bonds. The molecule has 0 heterocycles. The summed E-state index contributed by atoms with van der Waals surface area (Å²) < 4.78 is 106. The van der Waals surface area contributed by atoms with Gasteiger partial charge in [0.05, 0.1) is 30.5 Å². The van der Waals surface area contributed by atoms with E-state index in [2.05, 4.69) is 6.58 Å². The van der Waals surface area contributed by atoms with Crippen molar-refractivity contribution in [1.29, 1.82) is 0 Å². The monoisotopic (exact) mass is 546 g/mol. The minimum atomic E-state index is -5.82. The molecule has 6 nitrogen and oxygen atoms in total. The molecule has 0 aromatic rings. The molecule has 0 aromatic heterocycles. The Morgan fingerprint density at radius 1 is 0.838 bits per heavy atom. The predicted octanol–water partition coefficient (Wildman–Crippen LogP) is 5.53. The number of ether oxygens (including phenoxy) is 3. The maximum absolute atomic E-state index is 13.3. The number of halogens is 7. The predicted molar refractivity (Wildman–Crippen MR) is 112 cm³/mol. The van der Waals surface area contributed by atoms with Gasteiger partial charge in [-0.1, -0.05) is 6.58 Å². The molecule has 4 atom stereocenters. The zero-order valence-electron chi connectivity index (χ0n) is 20.5. The van der Waals surface area contributed by atoms with Crippen LogP contribution in [0.15, 0.2) is 12.2 Å². The van der Waals surface area contributed by atoms with Crippen LogP contribution in [0.4, 0.5) is 30.7 Å². The minimum absolute atomic E-state index is 0.0450. The first kappa shape index (κ1) is 29.2. The fraction of sp³-hybridized carbons (Fsp3) is 0.792. The van der Waals surface area contributed by atoms with Gasteiger partial charge in [-0.15, -0.1) is 0 Å². The van der Waals surface area contributed by atoms with E-state index in [9.17, 15) is 45.1 Å². The Morgan fingerprint density at radius 2 is 1.32 bits per heavy atom. The Kier molecular flexibility index (Phi) is 7.46. The lowest BCUT2D eigenvalue weighted by atomic mass is 9.42. The summed E-state index contributed by atoms with van der Waals surface area (Å²) in [7, 11) is 0. The van der Waals surface area contributed by atoms with E-state index in [0.717, 1.165) is 0 Å². The number of hydrogen-bond acceptors (Lipinski definition) is 6. The zero-order chi connectivity index (χ0) is 28.1. The van der Waals surface area contributed by atoms with Crippen molar-refractivity contribution in [2.24, 2.45) is 16.7 Å². The van der Waals surface area contributed by atoms with Gasteiger partial charge in [0.25, 0.3) is 0 Å². The largest absolute Gasteiger partial charge is 0.465 e. The molecule has 4 fully saturated rings. The van der Waals surface area contributed by atoms with E-state index in [4.69, 9.17) is 14.2 Å². The molecule has 0 spiro atoms. The lowest BCUT2D eigenvalue weighted by Crippen LogP contribution is -2.65. The summed E-state index contributed by atoms with van der Waals surface area (Å²) in [5, 5.41) is 0. The summed E-state index contributed by atoms with van der Waals surface area (Å²) in [4.78, 5) is 38.7. The quantitative estimate of drug-likeness (QED) is 0.155. The van der Waals surface area contributed by atoms with Gasteiger partial charge in [-0.05, 0) is 45.4 Å². The molecule has 13 heteroatoms. The molecule has 210 valence electrons. The summed E-state index contributed by atoms with van der Waals surface area (Å²) in [6, 6.07) is 0. The summed E-state index contributed by atoms with van der Waals surface area (Å²) >= 11 is 0. The molecule has 0 aromatic carbocycles. The highest BCUT2D eigenvalue weighted by atomic mass is 19.4. The van der Waals surface area contributed by atoms with Crippen LogP contribution in [0.25, 0.3) is 0 Å². The maximum atomic E-state index is 13.3. The van der Waals surface area contributed by atoms with Crippen LogP contribution in [0.1, 0.15) is 65.2 Å². The highest BCUT2D eigenvalue weighted by molar-refractivity contribution is 5.88. The number of alkyl halides is 7. The van der Waals surface area contributed by atoms with E-state index in [1.807, 2.05) is 0 Å². The molecular formula is C24H29F7O6. The van der Waals surface area contributed by atoms with Crippen LogP contribution in [0.5, 0.6) is 0 Å². The van der Waals surface area contributed by atoms with Crippen molar-refractivity contribution in [3.63, 3.8) is 0 Å². The van der Waals surface area contributed by atoms with E-state index >= 15 is 0 Å².